The first kappa shape index (κ1) is 19.7. The molecular formula is C16H32N4O3. The van der Waals surface area contributed by atoms with Crippen LogP contribution in [0.4, 0.5) is 4.79 Å². The van der Waals surface area contributed by atoms with Crippen LogP contribution in [0.5, 0.6) is 0 Å². The maximum Gasteiger partial charge on any atom is 0.407 e. The third kappa shape index (κ3) is 8.76. The lowest BCUT2D eigenvalue weighted by Gasteiger charge is -2.33. The summed E-state index contributed by atoms with van der Waals surface area (Å²) in [6.07, 6.45) is 1.63. The van der Waals surface area contributed by atoms with Crippen LogP contribution in [0.1, 0.15) is 40.5 Å². The number of carbonyl (C=O) groups excluding carboxylic acids is 2. The maximum atomic E-state index is 11.6. The second kappa shape index (κ2) is 9.08. The zero-order valence-electron chi connectivity index (χ0n) is 15.1. The van der Waals surface area contributed by atoms with Crippen molar-refractivity contribution in [2.75, 3.05) is 33.2 Å². The molecule has 1 atom stereocenters. The quantitative estimate of drug-likeness (QED) is 0.668. The Balaban J connectivity index is 2.20. The van der Waals surface area contributed by atoms with Crippen LogP contribution in [0.25, 0.3) is 0 Å². The topological polar surface area (TPSA) is 82.7 Å². The number of amides is 2. The molecule has 1 fully saturated rings. The van der Waals surface area contributed by atoms with E-state index in [9.17, 15) is 9.59 Å². The number of nitrogens with zero attached hydrogens (tertiary/aromatic N) is 1. The average Bonchev–Trinajstić information content (AvgIpc) is 2.45. The van der Waals surface area contributed by atoms with Crippen LogP contribution in [0.15, 0.2) is 0 Å². The summed E-state index contributed by atoms with van der Waals surface area (Å²) in [4.78, 5) is 25.2. The SMILES string of the molecule is CNC(=O)CN1CCC(NC(C)CNC(=O)OC(C)(C)C)CC1. The smallest absolute Gasteiger partial charge is 0.407 e. The first-order valence-corrected chi connectivity index (χ1v) is 8.35. The van der Waals surface area contributed by atoms with Crippen molar-refractivity contribution in [3.8, 4) is 0 Å². The molecule has 2 amide bonds. The van der Waals surface area contributed by atoms with Gasteiger partial charge in [0.05, 0.1) is 6.54 Å². The molecule has 1 saturated heterocycles. The molecule has 23 heavy (non-hydrogen) atoms. The summed E-state index contributed by atoms with van der Waals surface area (Å²) in [5.41, 5.74) is -0.474. The van der Waals surface area contributed by atoms with Gasteiger partial charge >= 0.3 is 6.09 Å². The molecule has 1 heterocycles. The van der Waals surface area contributed by atoms with Gasteiger partial charge in [0.25, 0.3) is 0 Å². The molecule has 7 heteroatoms. The Kier molecular flexibility index (Phi) is 7.78. The summed E-state index contributed by atoms with van der Waals surface area (Å²) >= 11 is 0. The van der Waals surface area contributed by atoms with Crippen LogP contribution in [-0.2, 0) is 9.53 Å². The molecule has 7 nitrogen and oxygen atoms in total. The second-order valence-electron chi connectivity index (χ2n) is 7.17. The molecule has 1 rings (SSSR count). The van der Waals surface area contributed by atoms with Crippen molar-refractivity contribution in [2.24, 2.45) is 0 Å². The summed E-state index contributed by atoms with van der Waals surface area (Å²) in [7, 11) is 1.66. The largest absolute Gasteiger partial charge is 0.444 e. The van der Waals surface area contributed by atoms with Gasteiger partial charge in [0, 0.05) is 38.8 Å². The van der Waals surface area contributed by atoms with E-state index >= 15 is 0 Å². The molecule has 1 unspecified atom stereocenters. The number of carbonyl (C=O) groups is 2. The predicted molar refractivity (Wildman–Crippen MR) is 90.4 cm³/mol. The highest BCUT2D eigenvalue weighted by Crippen LogP contribution is 2.10. The van der Waals surface area contributed by atoms with Gasteiger partial charge in [-0.3, -0.25) is 9.69 Å². The molecule has 134 valence electrons. The van der Waals surface area contributed by atoms with Gasteiger partial charge in [-0.1, -0.05) is 0 Å². The fraction of sp³-hybridized carbons (Fsp3) is 0.875. The van der Waals surface area contributed by atoms with E-state index in [-0.39, 0.29) is 18.0 Å². The highest BCUT2D eigenvalue weighted by atomic mass is 16.6. The van der Waals surface area contributed by atoms with E-state index in [1.807, 2.05) is 27.7 Å². The molecule has 0 aromatic carbocycles. The Hall–Kier alpha value is -1.34. The van der Waals surface area contributed by atoms with E-state index in [2.05, 4.69) is 20.9 Å². The van der Waals surface area contributed by atoms with Crippen LogP contribution in [0, 0.1) is 0 Å². The molecule has 0 radical (unpaired) electrons. The van der Waals surface area contributed by atoms with Crippen molar-refractivity contribution < 1.29 is 14.3 Å². The van der Waals surface area contributed by atoms with Crippen molar-refractivity contribution in [3.05, 3.63) is 0 Å². The van der Waals surface area contributed by atoms with Crippen molar-refractivity contribution in [1.29, 1.82) is 0 Å². The number of hydrogen-bond acceptors (Lipinski definition) is 5. The summed E-state index contributed by atoms with van der Waals surface area (Å²) in [5, 5.41) is 8.96. The molecular weight excluding hydrogens is 296 g/mol. The Morgan fingerprint density at radius 1 is 1.26 bits per heavy atom. The first-order chi connectivity index (χ1) is 10.7. The van der Waals surface area contributed by atoms with E-state index in [0.29, 0.717) is 19.1 Å². The van der Waals surface area contributed by atoms with Gasteiger partial charge < -0.3 is 20.7 Å². The number of nitrogens with one attached hydrogen (secondary N) is 3. The van der Waals surface area contributed by atoms with Gasteiger partial charge in [-0.05, 0) is 40.5 Å². The highest BCUT2D eigenvalue weighted by Gasteiger charge is 2.22. The summed E-state index contributed by atoms with van der Waals surface area (Å²) < 4.78 is 5.22. The third-order valence-corrected chi connectivity index (χ3v) is 3.71. The fourth-order valence-corrected chi connectivity index (χ4v) is 2.55. The van der Waals surface area contributed by atoms with E-state index in [4.69, 9.17) is 4.74 Å². The molecule has 0 saturated carbocycles. The predicted octanol–water partition coefficient (Wildman–Crippen LogP) is 0.700. The normalized spacial score (nSPS) is 18.3. The van der Waals surface area contributed by atoms with Gasteiger partial charge in [-0.2, -0.15) is 0 Å². The molecule has 0 aromatic rings. The van der Waals surface area contributed by atoms with E-state index in [0.717, 1.165) is 25.9 Å². The number of piperidine rings is 1. The molecule has 1 aliphatic rings. The van der Waals surface area contributed by atoms with Crippen molar-refractivity contribution >= 4 is 12.0 Å². The summed E-state index contributed by atoms with van der Waals surface area (Å²) in [5.74, 6) is 0.0614. The second-order valence-corrected chi connectivity index (χ2v) is 7.17. The molecule has 0 aromatic heterocycles. The van der Waals surface area contributed by atoms with Gasteiger partial charge in [0.1, 0.15) is 5.60 Å². The van der Waals surface area contributed by atoms with Gasteiger partial charge in [0.15, 0.2) is 0 Å². The highest BCUT2D eigenvalue weighted by molar-refractivity contribution is 5.77. The zero-order valence-corrected chi connectivity index (χ0v) is 15.1. The number of likely N-dealkylation sites (N-methyl/N-ethyl adjacent to an activating group) is 1. The minimum absolute atomic E-state index is 0.0614. The minimum atomic E-state index is -0.474. The van der Waals surface area contributed by atoms with Gasteiger partial charge in [0.2, 0.25) is 5.91 Å². The standard InChI is InChI=1S/C16H32N4O3/c1-12(10-18-15(22)23-16(2,3)4)19-13-6-8-20(9-7-13)11-14(21)17-5/h12-13,19H,6-11H2,1-5H3,(H,17,21)(H,18,22). The van der Waals surface area contributed by atoms with Crippen LogP contribution in [0.2, 0.25) is 0 Å². The Labute approximate surface area is 139 Å². The average molecular weight is 328 g/mol. The Morgan fingerprint density at radius 3 is 2.39 bits per heavy atom. The van der Waals surface area contributed by atoms with Crippen LogP contribution in [0.3, 0.4) is 0 Å². The Morgan fingerprint density at radius 2 is 1.87 bits per heavy atom. The van der Waals surface area contributed by atoms with Crippen LogP contribution >= 0.6 is 0 Å². The fourth-order valence-electron chi connectivity index (χ4n) is 2.55. The summed E-state index contributed by atoms with van der Waals surface area (Å²) in [6.45, 7) is 10.4. The van der Waals surface area contributed by atoms with Crippen molar-refractivity contribution in [3.63, 3.8) is 0 Å². The Bertz CT molecular complexity index is 387. The van der Waals surface area contributed by atoms with E-state index < -0.39 is 5.60 Å². The van der Waals surface area contributed by atoms with E-state index in [1.54, 1.807) is 7.05 Å². The van der Waals surface area contributed by atoms with E-state index in [1.165, 1.54) is 0 Å². The molecule has 0 spiro atoms. The van der Waals surface area contributed by atoms with Crippen LogP contribution in [-0.4, -0.2) is 67.8 Å². The number of hydrogen-bond donors (Lipinski definition) is 3. The van der Waals surface area contributed by atoms with Crippen molar-refractivity contribution in [2.45, 2.75) is 58.2 Å². The van der Waals surface area contributed by atoms with Crippen molar-refractivity contribution in [1.82, 2.24) is 20.9 Å². The zero-order chi connectivity index (χ0) is 17.5. The number of likely N-dealkylation sites (tertiary alicyclic amines) is 1. The maximum absolute atomic E-state index is 11.6. The summed E-state index contributed by atoms with van der Waals surface area (Å²) in [6, 6.07) is 0.601. The molecule has 1 aliphatic heterocycles. The lowest BCUT2D eigenvalue weighted by atomic mass is 10.0. The molecule has 0 bridgehead atoms. The first-order valence-electron chi connectivity index (χ1n) is 8.35. The lowest BCUT2D eigenvalue weighted by molar-refractivity contribution is -0.122. The number of ether oxygens (including phenoxy) is 1. The van der Waals surface area contributed by atoms with Crippen LogP contribution < -0.4 is 16.0 Å². The monoisotopic (exact) mass is 328 g/mol. The van der Waals surface area contributed by atoms with Gasteiger partial charge in [-0.25, -0.2) is 4.79 Å². The van der Waals surface area contributed by atoms with Gasteiger partial charge in [-0.15, -0.1) is 0 Å². The molecule has 0 aliphatic carbocycles. The number of alkyl carbamates (subject to hydrolysis) is 1. The third-order valence-electron chi connectivity index (χ3n) is 3.71. The minimum Gasteiger partial charge on any atom is -0.444 e. The molecule has 3 N–H and O–H groups in total. The lowest BCUT2D eigenvalue weighted by Crippen LogP contribution is -2.50. The number of rotatable bonds is 6.